The van der Waals surface area contributed by atoms with Crippen molar-refractivity contribution in [3.63, 3.8) is 0 Å². The summed E-state index contributed by atoms with van der Waals surface area (Å²) in [4.78, 5) is 0.121. The van der Waals surface area contributed by atoms with Crippen LogP contribution in [0, 0.1) is 5.92 Å². The predicted octanol–water partition coefficient (Wildman–Crippen LogP) is 1.61. The van der Waals surface area contributed by atoms with E-state index in [1.54, 1.807) is 0 Å². The van der Waals surface area contributed by atoms with Gasteiger partial charge in [0.2, 0.25) is 20.0 Å². The Balaban J connectivity index is 2.17. The lowest BCUT2D eigenvalue weighted by atomic mass is 10.1. The molecule has 27 heavy (non-hydrogen) atoms. The molecule has 0 amide bonds. The van der Waals surface area contributed by atoms with Gasteiger partial charge in [-0.1, -0.05) is 25.4 Å². The van der Waals surface area contributed by atoms with E-state index in [0.717, 1.165) is 0 Å². The lowest BCUT2D eigenvalue weighted by molar-refractivity contribution is 0.353. The molecule has 0 aliphatic carbocycles. The molecule has 1 fully saturated rings. The van der Waals surface area contributed by atoms with Crippen molar-refractivity contribution >= 4 is 31.6 Å². The Labute approximate surface area is 167 Å². The fourth-order valence-corrected chi connectivity index (χ4v) is 5.92. The van der Waals surface area contributed by atoms with E-state index in [-0.39, 0.29) is 23.7 Å². The molecule has 1 aliphatic rings. The highest BCUT2D eigenvalue weighted by Crippen LogP contribution is 2.20. The third-order valence-electron chi connectivity index (χ3n) is 4.48. The Morgan fingerprint density at radius 3 is 2.22 bits per heavy atom. The number of rotatable bonds is 9. The quantitative estimate of drug-likeness (QED) is 0.634. The minimum atomic E-state index is -3.79. The Morgan fingerprint density at radius 2 is 1.67 bits per heavy atom. The number of halogens is 1. The largest absolute Gasteiger partial charge is 0.314 e. The van der Waals surface area contributed by atoms with Gasteiger partial charge in [-0.25, -0.2) is 16.8 Å². The molecule has 0 spiro atoms. The first-order valence-corrected chi connectivity index (χ1v) is 12.5. The third kappa shape index (κ3) is 6.40. The summed E-state index contributed by atoms with van der Waals surface area (Å²) < 4.78 is 53.9. The highest BCUT2D eigenvalue weighted by atomic mass is 35.5. The highest BCUT2D eigenvalue weighted by Gasteiger charge is 2.29. The molecule has 0 aromatic heterocycles. The van der Waals surface area contributed by atoms with Crippen LogP contribution in [0.3, 0.4) is 0 Å². The number of sulfonamides is 2. The van der Waals surface area contributed by atoms with Gasteiger partial charge in [-0.15, -0.1) is 0 Å². The molecular formula is C17H28ClN3O4S2. The molecule has 1 N–H and O–H groups in total. The number of benzene rings is 1. The second-order valence-electron chi connectivity index (χ2n) is 7.01. The maximum absolute atomic E-state index is 13.0. The molecular weight excluding hydrogens is 410 g/mol. The fraction of sp³-hybridized carbons (Fsp3) is 0.647. The molecule has 7 nitrogen and oxygen atoms in total. The first-order chi connectivity index (χ1) is 12.6. The molecule has 0 radical (unpaired) electrons. The standard InChI is InChI=1S/C17H28ClN3O4S2/c1-15(2)7-10-21(27(24,25)17-5-3-16(18)4-6-17)13-14-26(22,23)20-11-8-19-9-12-20/h3-6,15,19H,7-14H2,1-2H3. The number of piperazine rings is 1. The molecule has 1 aromatic rings. The van der Waals surface area contributed by atoms with Crippen LogP contribution in [0.25, 0.3) is 0 Å². The van der Waals surface area contributed by atoms with Crippen molar-refractivity contribution in [1.29, 1.82) is 0 Å². The van der Waals surface area contributed by atoms with Crippen LogP contribution in [0.1, 0.15) is 20.3 Å². The molecule has 1 heterocycles. The fourth-order valence-electron chi connectivity index (χ4n) is 2.78. The van der Waals surface area contributed by atoms with Crippen LogP contribution in [0.4, 0.5) is 0 Å². The van der Waals surface area contributed by atoms with E-state index in [2.05, 4.69) is 5.32 Å². The van der Waals surface area contributed by atoms with Gasteiger partial charge in [0.25, 0.3) is 0 Å². The van der Waals surface area contributed by atoms with Crippen molar-refractivity contribution in [2.24, 2.45) is 5.92 Å². The molecule has 0 unspecified atom stereocenters. The van der Waals surface area contributed by atoms with Gasteiger partial charge in [0.05, 0.1) is 10.6 Å². The van der Waals surface area contributed by atoms with E-state index in [0.29, 0.717) is 43.5 Å². The van der Waals surface area contributed by atoms with E-state index < -0.39 is 20.0 Å². The maximum atomic E-state index is 13.0. The summed E-state index contributed by atoms with van der Waals surface area (Å²) in [5, 5.41) is 3.56. The van der Waals surface area contributed by atoms with E-state index in [1.165, 1.54) is 32.9 Å². The van der Waals surface area contributed by atoms with Gasteiger partial charge in [-0.05, 0) is 36.6 Å². The number of hydrogen-bond donors (Lipinski definition) is 1. The summed E-state index contributed by atoms with van der Waals surface area (Å²) in [5.74, 6) is 0.0791. The lowest BCUT2D eigenvalue weighted by Gasteiger charge is -2.28. The topological polar surface area (TPSA) is 86.8 Å². The van der Waals surface area contributed by atoms with Crippen LogP contribution in [0.5, 0.6) is 0 Å². The predicted molar refractivity (Wildman–Crippen MR) is 108 cm³/mol. The van der Waals surface area contributed by atoms with Crippen LogP contribution in [0.15, 0.2) is 29.2 Å². The molecule has 1 saturated heterocycles. The zero-order valence-corrected chi connectivity index (χ0v) is 18.2. The minimum Gasteiger partial charge on any atom is -0.314 e. The van der Waals surface area contributed by atoms with E-state index in [1.807, 2.05) is 13.8 Å². The lowest BCUT2D eigenvalue weighted by Crippen LogP contribution is -2.48. The van der Waals surface area contributed by atoms with Gasteiger partial charge >= 0.3 is 0 Å². The maximum Gasteiger partial charge on any atom is 0.243 e. The monoisotopic (exact) mass is 437 g/mol. The molecule has 1 aromatic carbocycles. The van der Waals surface area contributed by atoms with Gasteiger partial charge in [0.15, 0.2) is 0 Å². The summed E-state index contributed by atoms with van der Waals surface area (Å²) in [6.45, 7) is 6.27. The molecule has 2 rings (SSSR count). The number of hydrogen-bond acceptors (Lipinski definition) is 5. The summed E-state index contributed by atoms with van der Waals surface area (Å²) >= 11 is 5.85. The Bertz CT molecular complexity index is 805. The van der Waals surface area contributed by atoms with Gasteiger partial charge in [0, 0.05) is 44.3 Å². The van der Waals surface area contributed by atoms with Crippen molar-refractivity contribution < 1.29 is 16.8 Å². The summed E-state index contributed by atoms with van der Waals surface area (Å²) in [7, 11) is -7.29. The minimum absolute atomic E-state index is 0.0655. The molecule has 10 heteroatoms. The first-order valence-electron chi connectivity index (χ1n) is 9.07. The van der Waals surface area contributed by atoms with Crippen LogP contribution in [0.2, 0.25) is 5.02 Å². The highest BCUT2D eigenvalue weighted by molar-refractivity contribution is 7.90. The van der Waals surface area contributed by atoms with Gasteiger partial charge in [-0.3, -0.25) is 0 Å². The van der Waals surface area contributed by atoms with Gasteiger partial charge in [-0.2, -0.15) is 8.61 Å². The Hall–Kier alpha value is -0.710. The molecule has 1 aliphatic heterocycles. The van der Waals surface area contributed by atoms with Crippen LogP contribution >= 0.6 is 11.6 Å². The van der Waals surface area contributed by atoms with Gasteiger partial charge < -0.3 is 5.32 Å². The first kappa shape index (κ1) is 22.6. The average molecular weight is 438 g/mol. The van der Waals surface area contributed by atoms with Crippen LogP contribution < -0.4 is 5.32 Å². The van der Waals surface area contributed by atoms with Gasteiger partial charge in [0.1, 0.15) is 0 Å². The Morgan fingerprint density at radius 1 is 1.07 bits per heavy atom. The molecule has 0 atom stereocenters. The summed E-state index contributed by atoms with van der Waals surface area (Å²) in [6.07, 6.45) is 0.653. The van der Waals surface area contributed by atoms with Crippen molar-refractivity contribution in [3.05, 3.63) is 29.3 Å². The summed E-state index contributed by atoms with van der Waals surface area (Å²) in [6, 6.07) is 5.94. The normalized spacial score (nSPS) is 16.9. The Kier molecular flexibility index (Phi) is 8.08. The van der Waals surface area contributed by atoms with Crippen molar-refractivity contribution in [2.75, 3.05) is 45.0 Å². The van der Waals surface area contributed by atoms with Crippen LogP contribution in [-0.4, -0.2) is 70.5 Å². The summed E-state index contributed by atoms with van der Waals surface area (Å²) in [5.41, 5.74) is 0. The second-order valence-corrected chi connectivity index (χ2v) is 11.5. The van der Waals surface area contributed by atoms with Crippen molar-refractivity contribution in [1.82, 2.24) is 13.9 Å². The van der Waals surface area contributed by atoms with Crippen molar-refractivity contribution in [2.45, 2.75) is 25.2 Å². The number of nitrogens with one attached hydrogen (secondary N) is 1. The second kappa shape index (κ2) is 9.67. The van der Waals surface area contributed by atoms with Crippen LogP contribution in [-0.2, 0) is 20.0 Å². The van der Waals surface area contributed by atoms with E-state index >= 15 is 0 Å². The number of nitrogens with zero attached hydrogens (tertiary/aromatic N) is 2. The smallest absolute Gasteiger partial charge is 0.243 e. The SMILES string of the molecule is CC(C)CCN(CCS(=O)(=O)N1CCNCC1)S(=O)(=O)c1ccc(Cl)cc1. The molecule has 154 valence electrons. The third-order valence-corrected chi connectivity index (χ3v) is 8.49. The van der Waals surface area contributed by atoms with E-state index in [4.69, 9.17) is 11.6 Å². The molecule has 0 saturated carbocycles. The zero-order valence-electron chi connectivity index (χ0n) is 15.8. The molecule has 0 bridgehead atoms. The zero-order chi connectivity index (χ0) is 20.1. The van der Waals surface area contributed by atoms with E-state index in [9.17, 15) is 16.8 Å². The van der Waals surface area contributed by atoms with Crippen molar-refractivity contribution in [3.8, 4) is 0 Å². The average Bonchev–Trinajstić information content (AvgIpc) is 2.62.